The molecule has 0 aliphatic carbocycles. The predicted molar refractivity (Wildman–Crippen MR) is 118 cm³/mol. The zero-order chi connectivity index (χ0) is 22.7. The van der Waals surface area contributed by atoms with Gasteiger partial charge >= 0.3 is 12.2 Å². The molecule has 3 aromatic rings. The summed E-state index contributed by atoms with van der Waals surface area (Å²) in [6.45, 7) is 2.76. The highest BCUT2D eigenvalue weighted by atomic mass is 32.1. The van der Waals surface area contributed by atoms with Crippen molar-refractivity contribution in [3.8, 4) is 10.6 Å². The predicted octanol–water partition coefficient (Wildman–Crippen LogP) is 4.60. The maximum Gasteiger partial charge on any atom is 0.390 e. The van der Waals surface area contributed by atoms with Crippen molar-refractivity contribution >= 4 is 34.0 Å². The van der Waals surface area contributed by atoms with E-state index in [1.54, 1.807) is 11.1 Å². The van der Waals surface area contributed by atoms with E-state index < -0.39 is 12.6 Å². The first kappa shape index (κ1) is 22.4. The minimum atomic E-state index is -4.16. The molecule has 0 spiro atoms. The third-order valence-corrected chi connectivity index (χ3v) is 6.24. The zero-order valence-electron chi connectivity index (χ0n) is 17.4. The molecule has 0 saturated carbocycles. The van der Waals surface area contributed by atoms with Gasteiger partial charge in [0.05, 0.1) is 6.42 Å². The minimum absolute atomic E-state index is 0.0115. The third kappa shape index (κ3) is 5.71. The van der Waals surface area contributed by atoms with Gasteiger partial charge in [-0.25, -0.2) is 9.78 Å². The monoisotopic (exact) mass is 464 g/mol. The van der Waals surface area contributed by atoms with Crippen LogP contribution in [0.5, 0.6) is 0 Å². The molecule has 170 valence electrons. The van der Waals surface area contributed by atoms with E-state index in [0.717, 1.165) is 26.4 Å². The van der Waals surface area contributed by atoms with Gasteiger partial charge in [-0.3, -0.25) is 5.32 Å². The Morgan fingerprint density at radius 1 is 1.19 bits per heavy atom. The van der Waals surface area contributed by atoms with Gasteiger partial charge in [0.15, 0.2) is 0 Å². The second kappa shape index (κ2) is 9.37. The first-order valence-electron chi connectivity index (χ1n) is 10.3. The molecule has 2 N–H and O–H groups in total. The molecule has 2 amide bonds. The molecule has 11 heteroatoms. The number of urea groups is 1. The number of halogens is 3. The number of carbonyl (C=O) groups is 1. The number of hydrogen-bond acceptors (Lipinski definition) is 6. The number of alkyl halides is 3. The van der Waals surface area contributed by atoms with Crippen molar-refractivity contribution < 1.29 is 18.0 Å². The number of benzene rings is 1. The maximum absolute atomic E-state index is 12.6. The van der Waals surface area contributed by atoms with Crippen LogP contribution in [0.2, 0.25) is 0 Å². The van der Waals surface area contributed by atoms with Crippen molar-refractivity contribution in [1.82, 2.24) is 25.4 Å². The lowest BCUT2D eigenvalue weighted by Crippen LogP contribution is -2.46. The van der Waals surface area contributed by atoms with Crippen LogP contribution in [-0.4, -0.2) is 58.0 Å². The van der Waals surface area contributed by atoms with Crippen molar-refractivity contribution in [3.05, 3.63) is 35.5 Å². The number of carbonyl (C=O) groups excluding carboxylic acids is 1. The van der Waals surface area contributed by atoms with Gasteiger partial charge in [-0.2, -0.15) is 13.2 Å². The normalized spacial score (nSPS) is 15.3. The summed E-state index contributed by atoms with van der Waals surface area (Å²) in [4.78, 5) is 18.6. The number of hydrogen-bond donors (Lipinski definition) is 2. The highest BCUT2D eigenvalue weighted by Gasteiger charge is 2.28. The molecular formula is C21H23F3N6OS. The number of fused-ring (bicyclic) bond motifs is 1. The molecule has 1 saturated heterocycles. The van der Waals surface area contributed by atoms with Crippen LogP contribution in [0.25, 0.3) is 21.3 Å². The fourth-order valence-corrected chi connectivity index (χ4v) is 4.34. The highest BCUT2D eigenvalue weighted by Crippen LogP contribution is 2.27. The zero-order valence-corrected chi connectivity index (χ0v) is 18.3. The summed E-state index contributed by atoms with van der Waals surface area (Å²) < 4.78 is 36.8. The van der Waals surface area contributed by atoms with E-state index in [1.807, 2.05) is 31.2 Å². The topological polar surface area (TPSA) is 83.0 Å². The number of aryl methyl sites for hydroxylation is 1. The summed E-state index contributed by atoms with van der Waals surface area (Å²) in [6, 6.07) is 7.45. The van der Waals surface area contributed by atoms with Crippen molar-refractivity contribution in [2.75, 3.05) is 25.0 Å². The number of nitrogens with one attached hydrogen (secondary N) is 2. The molecule has 7 nitrogen and oxygen atoms in total. The fourth-order valence-electron chi connectivity index (χ4n) is 3.65. The SMILES string of the molecule is Cc1nnc(-c2ccc3cnc(NC(=O)N4CCC(NCCC(F)(F)F)CC4)cc3c2)s1. The number of amides is 2. The lowest BCUT2D eigenvalue weighted by molar-refractivity contribution is -0.133. The molecule has 0 unspecified atom stereocenters. The molecular weight excluding hydrogens is 441 g/mol. The van der Waals surface area contributed by atoms with Crippen LogP contribution in [0.3, 0.4) is 0 Å². The first-order chi connectivity index (χ1) is 15.3. The molecule has 2 aromatic heterocycles. The Morgan fingerprint density at radius 2 is 1.97 bits per heavy atom. The van der Waals surface area contributed by atoms with Crippen LogP contribution in [0, 0.1) is 6.92 Å². The quantitative estimate of drug-likeness (QED) is 0.577. The Kier molecular flexibility index (Phi) is 6.56. The van der Waals surface area contributed by atoms with Gasteiger partial charge in [0.25, 0.3) is 0 Å². The molecule has 1 aliphatic heterocycles. The van der Waals surface area contributed by atoms with Crippen LogP contribution in [0.15, 0.2) is 30.5 Å². The summed E-state index contributed by atoms with van der Waals surface area (Å²) in [5.41, 5.74) is 0.951. The number of piperidine rings is 1. The molecule has 0 bridgehead atoms. The van der Waals surface area contributed by atoms with Gasteiger partial charge in [-0.1, -0.05) is 23.5 Å². The van der Waals surface area contributed by atoms with E-state index >= 15 is 0 Å². The lowest BCUT2D eigenvalue weighted by Gasteiger charge is -2.32. The smallest absolute Gasteiger partial charge is 0.324 e. The number of aromatic nitrogens is 3. The Balaban J connectivity index is 1.34. The van der Waals surface area contributed by atoms with Crippen LogP contribution < -0.4 is 10.6 Å². The average Bonchev–Trinajstić information content (AvgIpc) is 3.19. The number of anilines is 1. The van der Waals surface area contributed by atoms with E-state index in [-0.39, 0.29) is 18.6 Å². The van der Waals surface area contributed by atoms with Gasteiger partial charge in [0.2, 0.25) is 0 Å². The van der Waals surface area contributed by atoms with Crippen molar-refractivity contribution in [1.29, 1.82) is 0 Å². The summed E-state index contributed by atoms with van der Waals surface area (Å²) in [5.74, 6) is 0.443. The van der Waals surface area contributed by atoms with Gasteiger partial charge < -0.3 is 10.2 Å². The van der Waals surface area contributed by atoms with Crippen LogP contribution in [-0.2, 0) is 0 Å². The van der Waals surface area contributed by atoms with Crippen molar-refractivity contribution in [3.63, 3.8) is 0 Å². The molecule has 1 aromatic carbocycles. The molecule has 1 fully saturated rings. The van der Waals surface area contributed by atoms with E-state index in [0.29, 0.717) is 31.7 Å². The van der Waals surface area contributed by atoms with Gasteiger partial charge in [-0.05, 0) is 37.3 Å². The largest absolute Gasteiger partial charge is 0.390 e. The number of rotatable bonds is 5. The third-order valence-electron chi connectivity index (χ3n) is 5.35. The van der Waals surface area contributed by atoms with E-state index in [9.17, 15) is 18.0 Å². The molecule has 3 heterocycles. The molecule has 4 rings (SSSR count). The minimum Gasteiger partial charge on any atom is -0.324 e. The van der Waals surface area contributed by atoms with Crippen LogP contribution in [0.1, 0.15) is 24.3 Å². The number of nitrogens with zero attached hydrogens (tertiary/aromatic N) is 4. The van der Waals surface area contributed by atoms with Crippen LogP contribution >= 0.6 is 11.3 Å². The summed E-state index contributed by atoms with van der Waals surface area (Å²) in [6.07, 6.45) is -2.07. The highest BCUT2D eigenvalue weighted by molar-refractivity contribution is 7.14. The Morgan fingerprint density at radius 3 is 2.66 bits per heavy atom. The second-order valence-corrected chi connectivity index (χ2v) is 8.95. The lowest BCUT2D eigenvalue weighted by atomic mass is 10.1. The molecule has 1 aliphatic rings. The number of pyridine rings is 1. The standard InChI is InChI=1S/C21H23F3N6OS/c1-13-28-29-19(32-13)14-2-3-15-12-26-18(11-16(15)10-14)27-20(31)30-8-4-17(5-9-30)25-7-6-21(22,23)24/h2-3,10-12,17,25H,4-9H2,1H3,(H,26,27,31). The Bertz CT molecular complexity index is 1090. The average molecular weight is 465 g/mol. The van der Waals surface area contributed by atoms with E-state index in [4.69, 9.17) is 0 Å². The van der Waals surface area contributed by atoms with Gasteiger partial charge in [0, 0.05) is 42.8 Å². The fraction of sp³-hybridized carbons (Fsp3) is 0.429. The number of likely N-dealkylation sites (tertiary alicyclic amines) is 1. The first-order valence-corrected chi connectivity index (χ1v) is 11.1. The van der Waals surface area contributed by atoms with Crippen molar-refractivity contribution in [2.45, 2.75) is 38.4 Å². The van der Waals surface area contributed by atoms with Gasteiger partial charge in [-0.15, -0.1) is 10.2 Å². The van der Waals surface area contributed by atoms with Gasteiger partial charge in [0.1, 0.15) is 15.8 Å². The van der Waals surface area contributed by atoms with E-state index in [2.05, 4.69) is 25.8 Å². The molecule has 0 atom stereocenters. The van der Waals surface area contributed by atoms with Crippen molar-refractivity contribution in [2.24, 2.45) is 0 Å². The summed E-state index contributed by atoms with van der Waals surface area (Å²) in [5, 5.41) is 17.6. The second-order valence-electron chi connectivity index (χ2n) is 7.77. The maximum atomic E-state index is 12.6. The summed E-state index contributed by atoms with van der Waals surface area (Å²) in [7, 11) is 0. The van der Waals surface area contributed by atoms with Crippen LogP contribution in [0.4, 0.5) is 23.8 Å². The summed E-state index contributed by atoms with van der Waals surface area (Å²) >= 11 is 1.51. The Labute approximate surface area is 187 Å². The van der Waals surface area contributed by atoms with E-state index in [1.165, 1.54) is 11.3 Å². The molecule has 0 radical (unpaired) electrons. The molecule has 32 heavy (non-hydrogen) atoms. The Hall–Kier alpha value is -2.79.